The Kier molecular flexibility index (Phi) is 4.00. The van der Waals surface area contributed by atoms with Crippen molar-refractivity contribution in [1.82, 2.24) is 5.32 Å². The smallest absolute Gasteiger partial charge is 0.0741 e. The van der Waals surface area contributed by atoms with Crippen LogP contribution in [0.3, 0.4) is 0 Å². The number of hydrogen-bond donors (Lipinski definition) is 1. The van der Waals surface area contributed by atoms with Crippen LogP contribution in [-0.2, 0) is 9.47 Å². The summed E-state index contributed by atoms with van der Waals surface area (Å²) >= 11 is 0. The highest BCUT2D eigenvalue weighted by molar-refractivity contribution is 4.91. The fourth-order valence-electron chi connectivity index (χ4n) is 2.64. The lowest BCUT2D eigenvalue weighted by Gasteiger charge is -2.43. The summed E-state index contributed by atoms with van der Waals surface area (Å²) < 4.78 is 11.4. The Morgan fingerprint density at radius 2 is 2.07 bits per heavy atom. The SMILES string of the molecule is CCCNC1CCOC2(CCOCC2)C1. The molecule has 1 atom stereocenters. The van der Waals surface area contributed by atoms with E-state index in [2.05, 4.69) is 12.2 Å². The van der Waals surface area contributed by atoms with Gasteiger partial charge in [0, 0.05) is 25.9 Å². The summed E-state index contributed by atoms with van der Waals surface area (Å²) in [7, 11) is 0. The Bertz CT molecular complexity index is 185. The van der Waals surface area contributed by atoms with E-state index in [1.165, 1.54) is 19.3 Å². The molecule has 3 nitrogen and oxygen atoms in total. The second-order valence-corrected chi connectivity index (χ2v) is 4.79. The quantitative estimate of drug-likeness (QED) is 0.774. The number of rotatable bonds is 3. The van der Waals surface area contributed by atoms with E-state index in [-0.39, 0.29) is 5.60 Å². The molecule has 3 heteroatoms. The second kappa shape index (κ2) is 5.28. The average Bonchev–Trinajstić information content (AvgIpc) is 2.28. The number of ether oxygens (including phenoxy) is 2. The van der Waals surface area contributed by atoms with Crippen LogP contribution < -0.4 is 5.32 Å². The molecule has 2 fully saturated rings. The Labute approximate surface area is 92.5 Å². The maximum Gasteiger partial charge on any atom is 0.0741 e. The van der Waals surface area contributed by atoms with E-state index in [1.54, 1.807) is 0 Å². The van der Waals surface area contributed by atoms with Crippen molar-refractivity contribution in [2.45, 2.75) is 50.7 Å². The van der Waals surface area contributed by atoms with Gasteiger partial charge in [-0.1, -0.05) is 6.92 Å². The second-order valence-electron chi connectivity index (χ2n) is 4.79. The molecular weight excluding hydrogens is 190 g/mol. The van der Waals surface area contributed by atoms with Crippen molar-refractivity contribution in [3.05, 3.63) is 0 Å². The highest BCUT2D eigenvalue weighted by Crippen LogP contribution is 2.34. The van der Waals surface area contributed by atoms with Gasteiger partial charge in [-0.15, -0.1) is 0 Å². The summed E-state index contributed by atoms with van der Waals surface area (Å²) in [4.78, 5) is 0. The van der Waals surface area contributed by atoms with Gasteiger partial charge in [0.05, 0.1) is 5.60 Å². The topological polar surface area (TPSA) is 30.5 Å². The standard InChI is InChI=1S/C12H23NO2/c1-2-6-13-11-3-7-15-12(10-11)4-8-14-9-5-12/h11,13H,2-10H2,1H3. The fraction of sp³-hybridized carbons (Fsp3) is 1.00. The van der Waals surface area contributed by atoms with Gasteiger partial charge in [-0.05, 0) is 38.6 Å². The normalized spacial score (nSPS) is 30.6. The van der Waals surface area contributed by atoms with Crippen LogP contribution >= 0.6 is 0 Å². The summed E-state index contributed by atoms with van der Waals surface area (Å²) in [6.07, 6.45) is 5.72. The molecule has 2 heterocycles. The van der Waals surface area contributed by atoms with Crippen molar-refractivity contribution in [2.75, 3.05) is 26.4 Å². The lowest BCUT2D eigenvalue weighted by atomic mass is 9.84. The van der Waals surface area contributed by atoms with E-state index in [4.69, 9.17) is 9.47 Å². The molecule has 0 aromatic heterocycles. The van der Waals surface area contributed by atoms with E-state index < -0.39 is 0 Å². The van der Waals surface area contributed by atoms with Gasteiger partial charge in [0.15, 0.2) is 0 Å². The molecule has 2 aliphatic heterocycles. The number of nitrogens with one attached hydrogen (secondary N) is 1. The van der Waals surface area contributed by atoms with E-state index in [0.29, 0.717) is 6.04 Å². The van der Waals surface area contributed by atoms with Gasteiger partial charge in [-0.25, -0.2) is 0 Å². The Hall–Kier alpha value is -0.120. The minimum atomic E-state index is 0.141. The van der Waals surface area contributed by atoms with Crippen LogP contribution in [0.2, 0.25) is 0 Å². The largest absolute Gasteiger partial charge is 0.381 e. The first-order valence-electron chi connectivity index (χ1n) is 6.30. The van der Waals surface area contributed by atoms with Gasteiger partial charge in [-0.3, -0.25) is 0 Å². The maximum atomic E-state index is 6.00. The Balaban J connectivity index is 1.85. The molecule has 0 aliphatic carbocycles. The van der Waals surface area contributed by atoms with E-state index in [9.17, 15) is 0 Å². The molecule has 0 aromatic carbocycles. The summed E-state index contributed by atoms with van der Waals surface area (Å²) in [5, 5.41) is 3.62. The van der Waals surface area contributed by atoms with Crippen LogP contribution in [0.25, 0.3) is 0 Å². The lowest BCUT2D eigenvalue weighted by molar-refractivity contribution is -0.140. The molecule has 0 aromatic rings. The van der Waals surface area contributed by atoms with E-state index >= 15 is 0 Å². The molecule has 2 aliphatic rings. The molecule has 15 heavy (non-hydrogen) atoms. The molecule has 2 saturated heterocycles. The monoisotopic (exact) mass is 213 g/mol. The minimum absolute atomic E-state index is 0.141. The first-order valence-corrected chi connectivity index (χ1v) is 6.30. The van der Waals surface area contributed by atoms with Gasteiger partial charge in [0.1, 0.15) is 0 Å². The van der Waals surface area contributed by atoms with Crippen LogP contribution in [0.5, 0.6) is 0 Å². The van der Waals surface area contributed by atoms with Crippen molar-refractivity contribution in [1.29, 1.82) is 0 Å². The zero-order chi connectivity index (χ0) is 10.6. The number of hydrogen-bond acceptors (Lipinski definition) is 3. The summed E-state index contributed by atoms with van der Waals surface area (Å²) in [5.41, 5.74) is 0.141. The van der Waals surface area contributed by atoms with Gasteiger partial charge in [-0.2, -0.15) is 0 Å². The van der Waals surface area contributed by atoms with Gasteiger partial charge in [0.25, 0.3) is 0 Å². The van der Waals surface area contributed by atoms with Gasteiger partial charge in [0.2, 0.25) is 0 Å². The van der Waals surface area contributed by atoms with Gasteiger partial charge < -0.3 is 14.8 Å². The molecule has 88 valence electrons. The molecular formula is C12H23NO2. The highest BCUT2D eigenvalue weighted by atomic mass is 16.5. The van der Waals surface area contributed by atoms with Crippen molar-refractivity contribution in [2.24, 2.45) is 0 Å². The van der Waals surface area contributed by atoms with E-state index in [1.807, 2.05) is 0 Å². The zero-order valence-corrected chi connectivity index (χ0v) is 9.76. The first-order chi connectivity index (χ1) is 7.35. The molecule has 0 saturated carbocycles. The summed E-state index contributed by atoms with van der Waals surface area (Å²) in [6, 6.07) is 0.664. The van der Waals surface area contributed by atoms with Crippen LogP contribution in [0.15, 0.2) is 0 Å². The fourth-order valence-corrected chi connectivity index (χ4v) is 2.64. The Morgan fingerprint density at radius 1 is 1.27 bits per heavy atom. The minimum Gasteiger partial charge on any atom is -0.381 e. The predicted octanol–water partition coefficient (Wildman–Crippen LogP) is 1.71. The van der Waals surface area contributed by atoms with Gasteiger partial charge >= 0.3 is 0 Å². The predicted molar refractivity (Wildman–Crippen MR) is 60.1 cm³/mol. The van der Waals surface area contributed by atoms with Crippen molar-refractivity contribution in [3.63, 3.8) is 0 Å². The molecule has 0 bridgehead atoms. The van der Waals surface area contributed by atoms with Crippen LogP contribution in [0, 0.1) is 0 Å². The Morgan fingerprint density at radius 3 is 2.80 bits per heavy atom. The molecule has 0 radical (unpaired) electrons. The highest BCUT2D eigenvalue weighted by Gasteiger charge is 2.38. The zero-order valence-electron chi connectivity index (χ0n) is 9.76. The first kappa shape index (κ1) is 11.4. The molecule has 2 rings (SSSR count). The summed E-state index contributed by atoms with van der Waals surface area (Å²) in [5.74, 6) is 0. The molecule has 0 amide bonds. The lowest BCUT2D eigenvalue weighted by Crippen LogP contribution is -2.49. The van der Waals surface area contributed by atoms with Crippen LogP contribution in [0.4, 0.5) is 0 Å². The van der Waals surface area contributed by atoms with Crippen LogP contribution in [-0.4, -0.2) is 38.0 Å². The third-order valence-electron chi connectivity index (χ3n) is 3.58. The van der Waals surface area contributed by atoms with Crippen molar-refractivity contribution < 1.29 is 9.47 Å². The average molecular weight is 213 g/mol. The molecule has 1 spiro atoms. The maximum absolute atomic E-state index is 6.00. The van der Waals surface area contributed by atoms with Crippen molar-refractivity contribution in [3.8, 4) is 0 Å². The van der Waals surface area contributed by atoms with Crippen LogP contribution in [0.1, 0.15) is 39.0 Å². The molecule has 1 N–H and O–H groups in total. The van der Waals surface area contributed by atoms with E-state index in [0.717, 1.165) is 39.2 Å². The third-order valence-corrected chi connectivity index (χ3v) is 3.58. The third kappa shape index (κ3) is 2.92. The summed E-state index contributed by atoms with van der Waals surface area (Å²) in [6.45, 7) is 6.02. The molecule has 1 unspecified atom stereocenters. The van der Waals surface area contributed by atoms with Crippen molar-refractivity contribution >= 4 is 0 Å².